The second-order valence-electron chi connectivity index (χ2n) is 5.17. The van der Waals surface area contributed by atoms with Crippen LogP contribution in [0.4, 0.5) is 5.82 Å². The van der Waals surface area contributed by atoms with Gasteiger partial charge in [0.25, 0.3) is 5.56 Å². The van der Waals surface area contributed by atoms with E-state index in [4.69, 9.17) is 28.9 Å². The number of hydrogen-bond donors (Lipinski definition) is 1. The summed E-state index contributed by atoms with van der Waals surface area (Å²) in [6, 6.07) is 4.95. The molecule has 0 fully saturated rings. The van der Waals surface area contributed by atoms with Gasteiger partial charge in [0.15, 0.2) is 0 Å². The molecule has 3 rings (SSSR count). The first kappa shape index (κ1) is 15.8. The Labute approximate surface area is 142 Å². The summed E-state index contributed by atoms with van der Waals surface area (Å²) in [5, 5.41) is 1.02. The molecule has 0 unspecified atom stereocenters. The van der Waals surface area contributed by atoms with E-state index >= 15 is 0 Å². The maximum Gasteiger partial charge on any atom is 0.267 e. The standard InChI is InChI=1S/C16H14Cl2N4O/c1-3-13-21-15-10(18)5-4-9(17)14(15)16(23)22(13)11-7-20-12(19)6-8(11)2/h4-7H,3H2,1-2H3,(H2,19,20). The molecule has 0 aliphatic heterocycles. The van der Waals surface area contributed by atoms with Gasteiger partial charge in [-0.25, -0.2) is 9.97 Å². The number of nitrogens with zero attached hydrogens (tertiary/aromatic N) is 3. The first-order valence-corrected chi connectivity index (χ1v) is 7.81. The van der Waals surface area contributed by atoms with Crippen LogP contribution in [0.1, 0.15) is 18.3 Å². The van der Waals surface area contributed by atoms with Gasteiger partial charge in [0, 0.05) is 6.42 Å². The number of benzene rings is 1. The van der Waals surface area contributed by atoms with Crippen LogP contribution in [0, 0.1) is 6.92 Å². The van der Waals surface area contributed by atoms with Gasteiger partial charge in [-0.2, -0.15) is 0 Å². The molecule has 0 amide bonds. The fourth-order valence-electron chi connectivity index (χ4n) is 2.55. The first-order valence-electron chi connectivity index (χ1n) is 7.06. The number of halogens is 2. The van der Waals surface area contributed by atoms with Crippen LogP contribution in [0.3, 0.4) is 0 Å². The fraction of sp³-hybridized carbons (Fsp3) is 0.188. The molecule has 0 bridgehead atoms. The first-order chi connectivity index (χ1) is 10.9. The minimum absolute atomic E-state index is 0.269. The minimum atomic E-state index is -0.269. The molecule has 2 aromatic heterocycles. The number of anilines is 1. The van der Waals surface area contributed by atoms with Crippen molar-refractivity contribution in [2.24, 2.45) is 0 Å². The van der Waals surface area contributed by atoms with E-state index in [0.29, 0.717) is 44.7 Å². The summed E-state index contributed by atoms with van der Waals surface area (Å²) in [5.74, 6) is 0.980. The van der Waals surface area contributed by atoms with Crippen molar-refractivity contribution in [1.29, 1.82) is 0 Å². The number of nitrogen functional groups attached to an aromatic ring is 1. The van der Waals surface area contributed by atoms with Crippen LogP contribution >= 0.6 is 23.2 Å². The molecule has 3 aromatic rings. The lowest BCUT2D eigenvalue weighted by atomic mass is 10.2. The predicted octanol–water partition coefficient (Wildman–Crippen LogP) is 3.54. The Hall–Kier alpha value is -2.11. The van der Waals surface area contributed by atoms with E-state index in [1.165, 1.54) is 4.57 Å². The summed E-state index contributed by atoms with van der Waals surface area (Å²) in [6.45, 7) is 3.78. The number of fused-ring (bicyclic) bond motifs is 1. The van der Waals surface area contributed by atoms with Gasteiger partial charge in [0.05, 0.1) is 32.8 Å². The molecule has 118 valence electrons. The lowest BCUT2D eigenvalue weighted by molar-refractivity contribution is 0.825. The molecule has 0 radical (unpaired) electrons. The van der Waals surface area contributed by atoms with Gasteiger partial charge in [0.2, 0.25) is 0 Å². The normalized spacial score (nSPS) is 11.1. The Kier molecular flexibility index (Phi) is 4.00. The number of rotatable bonds is 2. The summed E-state index contributed by atoms with van der Waals surface area (Å²) in [4.78, 5) is 21.7. The van der Waals surface area contributed by atoms with Crippen molar-refractivity contribution in [2.75, 3.05) is 5.73 Å². The van der Waals surface area contributed by atoms with E-state index in [-0.39, 0.29) is 5.56 Å². The Morgan fingerprint density at radius 1 is 1.26 bits per heavy atom. The summed E-state index contributed by atoms with van der Waals surface area (Å²) < 4.78 is 1.52. The average molecular weight is 349 g/mol. The molecule has 0 atom stereocenters. The van der Waals surface area contributed by atoms with Gasteiger partial charge in [-0.15, -0.1) is 0 Å². The molecular weight excluding hydrogens is 335 g/mol. The third-order valence-corrected chi connectivity index (χ3v) is 4.28. The van der Waals surface area contributed by atoms with Gasteiger partial charge in [0.1, 0.15) is 11.6 Å². The highest BCUT2D eigenvalue weighted by atomic mass is 35.5. The van der Waals surface area contributed by atoms with E-state index in [1.54, 1.807) is 24.4 Å². The largest absolute Gasteiger partial charge is 0.384 e. The minimum Gasteiger partial charge on any atom is -0.384 e. The summed E-state index contributed by atoms with van der Waals surface area (Å²) >= 11 is 12.4. The lowest BCUT2D eigenvalue weighted by Crippen LogP contribution is -2.25. The molecule has 23 heavy (non-hydrogen) atoms. The average Bonchev–Trinajstić information content (AvgIpc) is 2.51. The number of nitrogens with two attached hydrogens (primary N) is 1. The summed E-state index contributed by atoms with van der Waals surface area (Å²) in [7, 11) is 0. The van der Waals surface area contributed by atoms with Crippen LogP contribution in [0.15, 0.2) is 29.2 Å². The Morgan fingerprint density at radius 2 is 1.96 bits per heavy atom. The number of pyridine rings is 1. The molecule has 7 heteroatoms. The molecular formula is C16H14Cl2N4O. The highest BCUT2D eigenvalue weighted by molar-refractivity contribution is 6.39. The van der Waals surface area contributed by atoms with Crippen molar-refractivity contribution in [2.45, 2.75) is 20.3 Å². The van der Waals surface area contributed by atoms with Crippen molar-refractivity contribution < 1.29 is 0 Å². The molecule has 0 aliphatic rings. The zero-order chi connectivity index (χ0) is 16.7. The second kappa shape index (κ2) is 5.83. The third-order valence-electron chi connectivity index (χ3n) is 3.66. The predicted molar refractivity (Wildman–Crippen MR) is 93.7 cm³/mol. The van der Waals surface area contributed by atoms with Crippen LogP contribution < -0.4 is 11.3 Å². The van der Waals surface area contributed by atoms with Crippen molar-refractivity contribution in [3.63, 3.8) is 0 Å². The van der Waals surface area contributed by atoms with E-state index in [0.717, 1.165) is 5.56 Å². The Bertz CT molecular complexity index is 982. The SMILES string of the molecule is CCc1nc2c(Cl)ccc(Cl)c2c(=O)n1-c1cnc(N)cc1C. The van der Waals surface area contributed by atoms with Gasteiger partial charge in [-0.05, 0) is 30.7 Å². The highest BCUT2D eigenvalue weighted by Gasteiger charge is 2.17. The number of aromatic nitrogens is 3. The van der Waals surface area contributed by atoms with E-state index in [9.17, 15) is 4.79 Å². The molecule has 1 aromatic carbocycles. The molecule has 2 N–H and O–H groups in total. The quantitative estimate of drug-likeness (QED) is 0.768. The van der Waals surface area contributed by atoms with Crippen molar-refractivity contribution in [3.05, 3.63) is 56.2 Å². The molecule has 0 saturated heterocycles. The fourth-order valence-corrected chi connectivity index (χ4v) is 2.99. The molecule has 0 spiro atoms. The third kappa shape index (κ3) is 2.56. The topological polar surface area (TPSA) is 73.8 Å². The molecule has 0 aliphatic carbocycles. The van der Waals surface area contributed by atoms with Crippen molar-refractivity contribution in [3.8, 4) is 5.69 Å². The molecule has 2 heterocycles. The molecule has 5 nitrogen and oxygen atoms in total. The number of hydrogen-bond acceptors (Lipinski definition) is 4. The number of aryl methyl sites for hydroxylation is 2. The van der Waals surface area contributed by atoms with Gasteiger partial charge < -0.3 is 5.73 Å². The van der Waals surface area contributed by atoms with E-state index < -0.39 is 0 Å². The van der Waals surface area contributed by atoms with Crippen molar-refractivity contribution >= 4 is 39.9 Å². The summed E-state index contributed by atoms with van der Waals surface area (Å²) in [6.07, 6.45) is 2.12. The van der Waals surface area contributed by atoms with Gasteiger partial charge in [-0.3, -0.25) is 9.36 Å². The van der Waals surface area contributed by atoms with Crippen LogP contribution in [-0.2, 0) is 6.42 Å². The Morgan fingerprint density at radius 3 is 2.61 bits per heavy atom. The Balaban J connectivity index is 2.48. The van der Waals surface area contributed by atoms with Crippen LogP contribution in [0.25, 0.3) is 16.6 Å². The van der Waals surface area contributed by atoms with Gasteiger partial charge >= 0.3 is 0 Å². The van der Waals surface area contributed by atoms with Crippen molar-refractivity contribution in [1.82, 2.24) is 14.5 Å². The van der Waals surface area contributed by atoms with Crippen LogP contribution in [0.5, 0.6) is 0 Å². The summed E-state index contributed by atoms with van der Waals surface area (Å²) in [5.41, 5.74) is 7.30. The second-order valence-corrected chi connectivity index (χ2v) is 5.99. The van der Waals surface area contributed by atoms with E-state index in [2.05, 4.69) is 9.97 Å². The van der Waals surface area contributed by atoms with E-state index in [1.807, 2.05) is 13.8 Å². The lowest BCUT2D eigenvalue weighted by Gasteiger charge is -2.15. The zero-order valence-electron chi connectivity index (χ0n) is 12.6. The monoisotopic (exact) mass is 348 g/mol. The van der Waals surface area contributed by atoms with Crippen LogP contribution in [0.2, 0.25) is 10.0 Å². The highest BCUT2D eigenvalue weighted by Crippen LogP contribution is 2.27. The zero-order valence-corrected chi connectivity index (χ0v) is 14.1. The van der Waals surface area contributed by atoms with Crippen LogP contribution in [-0.4, -0.2) is 14.5 Å². The smallest absolute Gasteiger partial charge is 0.267 e. The van der Waals surface area contributed by atoms with Gasteiger partial charge in [-0.1, -0.05) is 30.1 Å². The maximum absolute atomic E-state index is 13.0. The maximum atomic E-state index is 13.0. The molecule has 0 saturated carbocycles.